The van der Waals surface area contributed by atoms with Crippen LogP contribution in [0.4, 0.5) is 4.39 Å². The van der Waals surface area contributed by atoms with Crippen LogP contribution in [0.2, 0.25) is 0 Å². The van der Waals surface area contributed by atoms with Crippen molar-refractivity contribution in [2.75, 3.05) is 0 Å². The Bertz CT molecular complexity index is 684. The summed E-state index contributed by atoms with van der Waals surface area (Å²) in [5, 5.41) is 0. The first kappa shape index (κ1) is 25.2. The van der Waals surface area contributed by atoms with Gasteiger partial charge >= 0.3 is 5.97 Å². The van der Waals surface area contributed by atoms with Crippen molar-refractivity contribution in [1.82, 2.24) is 0 Å². The van der Waals surface area contributed by atoms with Crippen LogP contribution in [0.25, 0.3) is 0 Å². The molecule has 0 radical (unpaired) electrons. The number of carbonyl (C=O) groups excluding carboxylic acids is 1. The van der Waals surface area contributed by atoms with Crippen molar-refractivity contribution < 1.29 is 13.9 Å². The number of aryl methyl sites for hydroxylation is 1. The maximum atomic E-state index is 14.7. The van der Waals surface area contributed by atoms with E-state index < -0.39 is 0 Å². The van der Waals surface area contributed by atoms with Crippen molar-refractivity contribution in [2.24, 2.45) is 23.7 Å². The summed E-state index contributed by atoms with van der Waals surface area (Å²) >= 11 is 0. The Morgan fingerprint density at radius 1 is 0.844 bits per heavy atom. The normalized spacial score (nSPS) is 26.1. The van der Waals surface area contributed by atoms with Gasteiger partial charge in [0, 0.05) is 6.07 Å². The largest absolute Gasteiger partial charge is 0.426 e. The number of ether oxygens (including phenoxy) is 1. The van der Waals surface area contributed by atoms with Crippen LogP contribution in [-0.2, 0) is 11.2 Å². The molecule has 0 unspecified atom stereocenters. The van der Waals surface area contributed by atoms with E-state index in [1.54, 1.807) is 6.07 Å². The number of hydrogen-bond acceptors (Lipinski definition) is 2. The number of halogens is 1. The molecule has 0 saturated heterocycles. The number of hydrogen-bond donors (Lipinski definition) is 0. The lowest BCUT2D eigenvalue weighted by Crippen LogP contribution is -2.25. The fourth-order valence-corrected chi connectivity index (χ4v) is 5.94. The van der Waals surface area contributed by atoms with Crippen LogP contribution in [0.15, 0.2) is 18.2 Å². The molecule has 1 aromatic rings. The van der Waals surface area contributed by atoms with Gasteiger partial charge in [-0.15, -0.1) is 0 Å². The topological polar surface area (TPSA) is 26.3 Å². The molecule has 0 spiro atoms. The van der Waals surface area contributed by atoms with Crippen molar-refractivity contribution >= 4 is 5.97 Å². The SMILES string of the molecule is CCCCC[C@H]1CC[C@H](C(=O)Oc2ccc(CC[C@H]3CC[C@H](CCC)CC3)c(F)c2)CC1. The fraction of sp³-hybridized carbons (Fsp3) is 0.759. The Hall–Kier alpha value is -1.38. The van der Waals surface area contributed by atoms with Gasteiger partial charge in [-0.3, -0.25) is 4.79 Å². The van der Waals surface area contributed by atoms with Crippen molar-refractivity contribution in [3.8, 4) is 5.75 Å². The molecule has 0 atom stereocenters. The lowest BCUT2D eigenvalue weighted by molar-refractivity contribution is -0.140. The summed E-state index contributed by atoms with van der Waals surface area (Å²) in [6.07, 6.45) is 19.0. The summed E-state index contributed by atoms with van der Waals surface area (Å²) in [4.78, 5) is 12.6. The predicted octanol–water partition coefficient (Wildman–Crippen LogP) is 8.66. The quantitative estimate of drug-likeness (QED) is 0.194. The van der Waals surface area contributed by atoms with E-state index in [-0.39, 0.29) is 17.7 Å². The second kappa shape index (κ2) is 13.4. The first-order valence-electron chi connectivity index (χ1n) is 13.6. The minimum atomic E-state index is -0.227. The molecule has 2 nitrogen and oxygen atoms in total. The molecule has 0 bridgehead atoms. The highest BCUT2D eigenvalue weighted by atomic mass is 19.1. The Morgan fingerprint density at radius 2 is 1.47 bits per heavy atom. The third kappa shape index (κ3) is 7.89. The highest BCUT2D eigenvalue weighted by Gasteiger charge is 2.28. The minimum absolute atomic E-state index is 0.0250. The summed E-state index contributed by atoms with van der Waals surface area (Å²) in [6, 6.07) is 5.03. The van der Waals surface area contributed by atoms with Gasteiger partial charge in [0.1, 0.15) is 11.6 Å². The van der Waals surface area contributed by atoms with Gasteiger partial charge in [0.15, 0.2) is 0 Å². The van der Waals surface area contributed by atoms with Crippen LogP contribution in [0.5, 0.6) is 5.75 Å². The number of rotatable bonds is 11. The van der Waals surface area contributed by atoms with Gasteiger partial charge < -0.3 is 4.74 Å². The number of benzene rings is 1. The van der Waals surface area contributed by atoms with E-state index in [2.05, 4.69) is 13.8 Å². The zero-order valence-electron chi connectivity index (χ0n) is 20.5. The molecule has 0 aromatic heterocycles. The van der Waals surface area contributed by atoms with Crippen LogP contribution >= 0.6 is 0 Å². The maximum Gasteiger partial charge on any atom is 0.314 e. The molecule has 32 heavy (non-hydrogen) atoms. The Kier molecular flexibility index (Phi) is 10.5. The third-order valence-electron chi connectivity index (χ3n) is 8.12. The van der Waals surface area contributed by atoms with Crippen LogP contribution in [0, 0.1) is 29.5 Å². The third-order valence-corrected chi connectivity index (χ3v) is 8.12. The van der Waals surface area contributed by atoms with Gasteiger partial charge in [-0.05, 0) is 67.9 Å². The number of carbonyl (C=O) groups is 1. The molecule has 3 rings (SSSR count). The highest BCUT2D eigenvalue weighted by Crippen LogP contribution is 2.35. The molecular formula is C29H45FO2. The van der Waals surface area contributed by atoms with E-state index in [0.29, 0.717) is 5.75 Å². The van der Waals surface area contributed by atoms with E-state index in [0.717, 1.165) is 61.8 Å². The van der Waals surface area contributed by atoms with E-state index in [1.165, 1.54) is 70.3 Å². The Labute approximate surface area is 195 Å². The molecule has 2 aliphatic rings. The summed E-state index contributed by atoms with van der Waals surface area (Å²) in [7, 11) is 0. The second-order valence-electron chi connectivity index (χ2n) is 10.6. The molecule has 2 aliphatic carbocycles. The predicted molar refractivity (Wildman–Crippen MR) is 130 cm³/mol. The van der Waals surface area contributed by atoms with Crippen molar-refractivity contribution in [3.05, 3.63) is 29.6 Å². The molecule has 180 valence electrons. The van der Waals surface area contributed by atoms with E-state index >= 15 is 0 Å². The molecule has 1 aromatic carbocycles. The van der Waals surface area contributed by atoms with Crippen molar-refractivity contribution in [1.29, 1.82) is 0 Å². The van der Waals surface area contributed by atoms with Gasteiger partial charge in [-0.1, -0.05) is 84.1 Å². The lowest BCUT2D eigenvalue weighted by Gasteiger charge is -2.28. The Morgan fingerprint density at radius 3 is 2.09 bits per heavy atom. The van der Waals surface area contributed by atoms with Crippen LogP contribution < -0.4 is 4.74 Å². The maximum absolute atomic E-state index is 14.7. The van der Waals surface area contributed by atoms with Gasteiger partial charge in [0.25, 0.3) is 0 Å². The first-order chi connectivity index (χ1) is 15.6. The summed E-state index contributed by atoms with van der Waals surface area (Å²) in [5.41, 5.74) is 0.757. The molecule has 0 N–H and O–H groups in total. The average Bonchev–Trinajstić information content (AvgIpc) is 2.80. The van der Waals surface area contributed by atoms with E-state index in [1.807, 2.05) is 6.07 Å². The van der Waals surface area contributed by atoms with Gasteiger partial charge in [-0.2, -0.15) is 0 Å². The van der Waals surface area contributed by atoms with Crippen molar-refractivity contribution in [2.45, 2.75) is 117 Å². The number of unbranched alkanes of at least 4 members (excludes halogenated alkanes) is 2. The second-order valence-corrected chi connectivity index (χ2v) is 10.6. The monoisotopic (exact) mass is 444 g/mol. The fourth-order valence-electron chi connectivity index (χ4n) is 5.94. The highest BCUT2D eigenvalue weighted by molar-refractivity contribution is 5.75. The smallest absolute Gasteiger partial charge is 0.314 e. The van der Waals surface area contributed by atoms with E-state index in [9.17, 15) is 9.18 Å². The van der Waals surface area contributed by atoms with Gasteiger partial charge in [0.05, 0.1) is 5.92 Å². The van der Waals surface area contributed by atoms with Crippen molar-refractivity contribution in [3.63, 3.8) is 0 Å². The molecule has 2 saturated carbocycles. The van der Waals surface area contributed by atoms with Crippen LogP contribution in [0.1, 0.15) is 116 Å². The minimum Gasteiger partial charge on any atom is -0.426 e. The van der Waals surface area contributed by atoms with Crippen LogP contribution in [-0.4, -0.2) is 5.97 Å². The molecule has 0 heterocycles. The zero-order valence-corrected chi connectivity index (χ0v) is 20.5. The molecule has 0 amide bonds. The summed E-state index contributed by atoms with van der Waals surface area (Å²) < 4.78 is 20.2. The summed E-state index contributed by atoms with van der Waals surface area (Å²) in [5.74, 6) is 2.35. The van der Waals surface area contributed by atoms with Crippen LogP contribution in [0.3, 0.4) is 0 Å². The Balaban J connectivity index is 1.40. The lowest BCUT2D eigenvalue weighted by atomic mass is 9.78. The molecule has 3 heteroatoms. The molecule has 2 fully saturated rings. The first-order valence-corrected chi connectivity index (χ1v) is 13.6. The average molecular weight is 445 g/mol. The van der Waals surface area contributed by atoms with Gasteiger partial charge in [-0.25, -0.2) is 4.39 Å². The standard InChI is InChI=1S/C29H45FO2/c1-3-5-6-8-23-14-17-26(18-15-23)29(31)32-27-20-19-25(28(30)21-27)16-13-24-11-9-22(7-4-2)10-12-24/h19-24,26H,3-18H2,1-2H3/t22-,23-,24-,26-. The van der Waals surface area contributed by atoms with E-state index in [4.69, 9.17) is 4.74 Å². The molecular weight excluding hydrogens is 399 g/mol. The number of esters is 1. The summed E-state index contributed by atoms with van der Waals surface area (Å²) in [6.45, 7) is 4.51. The molecule has 0 aliphatic heterocycles. The van der Waals surface area contributed by atoms with Gasteiger partial charge in [0.2, 0.25) is 0 Å². The zero-order chi connectivity index (χ0) is 22.8.